The van der Waals surface area contributed by atoms with Gasteiger partial charge in [0.2, 0.25) is 5.91 Å². The van der Waals surface area contributed by atoms with Crippen molar-refractivity contribution in [2.75, 3.05) is 20.1 Å². The first-order valence-corrected chi connectivity index (χ1v) is 6.21. The molecule has 0 spiro atoms. The van der Waals surface area contributed by atoms with Crippen molar-refractivity contribution in [1.29, 1.82) is 0 Å². The molecule has 0 aliphatic heterocycles. The smallest absolute Gasteiger partial charge is 0.317 e. The second-order valence-electron chi connectivity index (χ2n) is 5.10. The summed E-state index contributed by atoms with van der Waals surface area (Å²) < 4.78 is 0. The number of urea groups is 1. The quantitative estimate of drug-likeness (QED) is 0.588. The molecule has 3 amide bonds. The first kappa shape index (κ1) is 17.2. The Morgan fingerprint density at radius 3 is 2.32 bits per heavy atom. The van der Waals surface area contributed by atoms with Crippen molar-refractivity contribution in [3.05, 3.63) is 0 Å². The van der Waals surface area contributed by atoms with Crippen LogP contribution in [0.4, 0.5) is 4.79 Å². The van der Waals surface area contributed by atoms with Crippen LogP contribution in [0.5, 0.6) is 0 Å². The number of carbonyl (C=O) groups excluding carboxylic acids is 2. The van der Waals surface area contributed by atoms with Crippen molar-refractivity contribution in [2.45, 2.75) is 26.7 Å². The molecule has 0 heterocycles. The van der Waals surface area contributed by atoms with Crippen LogP contribution in [0.15, 0.2) is 0 Å². The Bertz CT molecular complexity index is 331. The number of rotatable bonds is 8. The Kier molecular flexibility index (Phi) is 7.55. The maximum atomic E-state index is 11.6. The van der Waals surface area contributed by atoms with Crippen molar-refractivity contribution in [3.63, 3.8) is 0 Å². The van der Waals surface area contributed by atoms with Gasteiger partial charge in [0.1, 0.15) is 6.54 Å². The summed E-state index contributed by atoms with van der Waals surface area (Å²) in [5.41, 5.74) is 4.98. The molecule has 0 bridgehead atoms. The molecule has 0 aliphatic carbocycles. The van der Waals surface area contributed by atoms with E-state index in [9.17, 15) is 14.4 Å². The Morgan fingerprint density at radius 1 is 1.32 bits per heavy atom. The molecule has 4 N–H and O–H groups in total. The molecule has 0 unspecified atom stereocenters. The van der Waals surface area contributed by atoms with E-state index in [-0.39, 0.29) is 25.4 Å². The molecule has 0 rings (SSSR count). The minimum absolute atomic E-state index is 0.0119. The van der Waals surface area contributed by atoms with Gasteiger partial charge in [-0.25, -0.2) is 4.79 Å². The normalized spacial score (nSPS) is 12.0. The standard InChI is InChI=1S/C12H23N3O4/c1-8(2)4-9(5-11(17)18)6-14-12(19)15(3)7-10(13)16/h8-9H,4-7H2,1-3H3,(H2,13,16)(H,14,19)(H,17,18)/t9-/m0/s1. The maximum absolute atomic E-state index is 11.6. The number of likely N-dealkylation sites (N-methyl/N-ethyl adjacent to an activating group) is 1. The summed E-state index contributed by atoms with van der Waals surface area (Å²) >= 11 is 0. The van der Waals surface area contributed by atoms with E-state index >= 15 is 0 Å². The van der Waals surface area contributed by atoms with Gasteiger partial charge in [0.25, 0.3) is 0 Å². The predicted molar refractivity (Wildman–Crippen MR) is 70.4 cm³/mol. The van der Waals surface area contributed by atoms with Gasteiger partial charge in [-0.2, -0.15) is 0 Å². The average Bonchev–Trinajstić information content (AvgIpc) is 2.22. The van der Waals surface area contributed by atoms with E-state index in [1.807, 2.05) is 13.8 Å². The number of nitrogens with one attached hydrogen (secondary N) is 1. The Balaban J connectivity index is 4.25. The van der Waals surface area contributed by atoms with Crippen LogP contribution in [0.25, 0.3) is 0 Å². The zero-order valence-corrected chi connectivity index (χ0v) is 11.7. The minimum Gasteiger partial charge on any atom is -0.481 e. The minimum atomic E-state index is -0.884. The molecular formula is C12H23N3O4. The van der Waals surface area contributed by atoms with Crippen molar-refractivity contribution in [3.8, 4) is 0 Å². The van der Waals surface area contributed by atoms with Gasteiger partial charge in [-0.3, -0.25) is 9.59 Å². The topological polar surface area (TPSA) is 113 Å². The van der Waals surface area contributed by atoms with Crippen LogP contribution in [-0.4, -0.2) is 48.1 Å². The lowest BCUT2D eigenvalue weighted by atomic mass is 9.94. The molecule has 0 aliphatic rings. The van der Waals surface area contributed by atoms with Crippen LogP contribution in [0.1, 0.15) is 26.7 Å². The van der Waals surface area contributed by atoms with E-state index < -0.39 is 17.9 Å². The largest absolute Gasteiger partial charge is 0.481 e. The van der Waals surface area contributed by atoms with E-state index in [1.54, 1.807) is 0 Å². The summed E-state index contributed by atoms with van der Waals surface area (Å²) in [4.78, 5) is 34.2. The molecule has 0 saturated heterocycles. The van der Waals surface area contributed by atoms with Crippen LogP contribution < -0.4 is 11.1 Å². The second kappa shape index (κ2) is 8.34. The predicted octanol–water partition coefficient (Wildman–Crippen LogP) is 0.250. The zero-order chi connectivity index (χ0) is 15.0. The lowest BCUT2D eigenvalue weighted by molar-refractivity contribution is -0.138. The van der Waals surface area contributed by atoms with Gasteiger partial charge in [0, 0.05) is 20.0 Å². The summed E-state index contributed by atoms with van der Waals surface area (Å²) in [5, 5.41) is 11.4. The maximum Gasteiger partial charge on any atom is 0.317 e. The molecule has 1 atom stereocenters. The lowest BCUT2D eigenvalue weighted by Crippen LogP contribution is -2.43. The number of hydrogen-bond acceptors (Lipinski definition) is 3. The molecule has 0 aromatic rings. The van der Waals surface area contributed by atoms with Gasteiger partial charge in [0.15, 0.2) is 0 Å². The number of aliphatic carboxylic acids is 1. The first-order valence-electron chi connectivity index (χ1n) is 6.21. The third-order valence-corrected chi connectivity index (χ3v) is 2.55. The monoisotopic (exact) mass is 273 g/mol. The van der Waals surface area contributed by atoms with E-state index in [1.165, 1.54) is 7.05 Å². The molecule has 0 radical (unpaired) electrons. The summed E-state index contributed by atoms with van der Waals surface area (Å²) in [7, 11) is 1.45. The number of amides is 3. The number of nitrogens with two attached hydrogens (primary N) is 1. The third kappa shape index (κ3) is 8.87. The number of hydrogen-bond donors (Lipinski definition) is 3. The molecular weight excluding hydrogens is 250 g/mol. The molecule has 19 heavy (non-hydrogen) atoms. The molecule has 7 heteroatoms. The fraction of sp³-hybridized carbons (Fsp3) is 0.750. The number of carboxylic acid groups (broad SMARTS) is 1. The highest BCUT2D eigenvalue weighted by Gasteiger charge is 2.17. The highest BCUT2D eigenvalue weighted by Crippen LogP contribution is 2.14. The summed E-state index contributed by atoms with van der Waals surface area (Å²) in [6.45, 7) is 4.10. The SMILES string of the molecule is CC(C)C[C@H](CNC(=O)N(C)CC(N)=O)CC(=O)O. The molecule has 0 aromatic carbocycles. The van der Waals surface area contributed by atoms with Crippen molar-refractivity contribution >= 4 is 17.9 Å². The van der Waals surface area contributed by atoms with Crippen molar-refractivity contribution in [1.82, 2.24) is 10.2 Å². The summed E-state index contributed by atoms with van der Waals surface area (Å²) in [6, 6.07) is -0.432. The number of carbonyl (C=O) groups is 3. The zero-order valence-electron chi connectivity index (χ0n) is 11.7. The number of nitrogens with zero attached hydrogens (tertiary/aromatic N) is 1. The fourth-order valence-corrected chi connectivity index (χ4v) is 1.82. The first-order chi connectivity index (χ1) is 8.72. The number of primary amides is 1. The van der Waals surface area contributed by atoms with Gasteiger partial charge < -0.3 is 21.1 Å². The van der Waals surface area contributed by atoms with Crippen LogP contribution in [0.2, 0.25) is 0 Å². The summed E-state index contributed by atoms with van der Waals surface area (Å²) in [5.74, 6) is -1.25. The van der Waals surface area contributed by atoms with E-state index in [4.69, 9.17) is 10.8 Å². The Labute approximate surface area is 113 Å². The van der Waals surface area contributed by atoms with Gasteiger partial charge in [-0.15, -0.1) is 0 Å². The Hall–Kier alpha value is -1.79. The van der Waals surface area contributed by atoms with E-state index in [2.05, 4.69) is 5.32 Å². The van der Waals surface area contributed by atoms with E-state index in [0.717, 1.165) is 4.90 Å². The lowest BCUT2D eigenvalue weighted by Gasteiger charge is -2.21. The van der Waals surface area contributed by atoms with Crippen molar-refractivity contribution in [2.24, 2.45) is 17.6 Å². The summed E-state index contributed by atoms with van der Waals surface area (Å²) in [6.07, 6.45) is 0.726. The highest BCUT2D eigenvalue weighted by molar-refractivity contribution is 5.82. The molecule has 7 nitrogen and oxygen atoms in total. The third-order valence-electron chi connectivity index (χ3n) is 2.55. The van der Waals surface area contributed by atoms with Crippen LogP contribution in [0.3, 0.4) is 0 Å². The molecule has 0 aromatic heterocycles. The molecule has 0 saturated carbocycles. The van der Waals surface area contributed by atoms with Crippen LogP contribution >= 0.6 is 0 Å². The van der Waals surface area contributed by atoms with Crippen molar-refractivity contribution < 1.29 is 19.5 Å². The van der Waals surface area contributed by atoms with Gasteiger partial charge in [-0.05, 0) is 18.3 Å². The van der Waals surface area contributed by atoms with Gasteiger partial charge in [0.05, 0.1) is 0 Å². The molecule has 110 valence electrons. The van der Waals surface area contributed by atoms with Gasteiger partial charge in [-0.1, -0.05) is 13.8 Å². The second-order valence-corrected chi connectivity index (χ2v) is 5.10. The van der Waals surface area contributed by atoms with Crippen LogP contribution in [-0.2, 0) is 9.59 Å². The fourth-order valence-electron chi connectivity index (χ4n) is 1.82. The Morgan fingerprint density at radius 2 is 1.89 bits per heavy atom. The average molecular weight is 273 g/mol. The van der Waals surface area contributed by atoms with Gasteiger partial charge >= 0.3 is 12.0 Å². The van der Waals surface area contributed by atoms with Crippen LogP contribution in [0, 0.1) is 11.8 Å². The molecule has 0 fully saturated rings. The number of carboxylic acids is 1. The highest BCUT2D eigenvalue weighted by atomic mass is 16.4. The van der Waals surface area contributed by atoms with E-state index in [0.29, 0.717) is 12.3 Å².